The number of epoxide rings is 1. The van der Waals surface area contributed by atoms with Gasteiger partial charge in [0.2, 0.25) is 0 Å². The van der Waals surface area contributed by atoms with Gasteiger partial charge in [-0.3, -0.25) is 4.79 Å². The Kier molecular flexibility index (Phi) is 5.22. The maximum absolute atomic E-state index is 13.7. The minimum atomic E-state index is -1.66. The zero-order chi connectivity index (χ0) is 29.4. The highest BCUT2D eigenvalue weighted by Crippen LogP contribution is 2.73. The molecule has 3 heterocycles. The molecule has 0 aromatic heterocycles. The second-order valence-electron chi connectivity index (χ2n) is 13.0. The van der Waals surface area contributed by atoms with E-state index in [0.29, 0.717) is 22.3 Å². The first-order chi connectivity index (χ1) is 20.0. The molecule has 6 aliphatic rings. The van der Waals surface area contributed by atoms with Crippen molar-refractivity contribution in [3.05, 3.63) is 95.6 Å². The number of allylic oxidation sites excluding steroid dienone is 1. The third-order valence-corrected chi connectivity index (χ3v) is 11.0. The largest absolute Gasteiger partial charge is 0.455 e. The highest BCUT2D eigenvalue weighted by Gasteiger charge is 2.88. The van der Waals surface area contributed by atoms with Crippen molar-refractivity contribution < 1.29 is 38.4 Å². The van der Waals surface area contributed by atoms with Crippen molar-refractivity contribution in [1.29, 1.82) is 0 Å². The topological polar surface area (TPSA) is 104 Å². The molecule has 8 rings (SSSR count). The first-order valence-electron chi connectivity index (χ1n) is 14.7. The van der Waals surface area contributed by atoms with Crippen molar-refractivity contribution in [3.63, 3.8) is 0 Å². The second-order valence-corrected chi connectivity index (χ2v) is 13.0. The van der Waals surface area contributed by atoms with Crippen molar-refractivity contribution in [3.8, 4) is 0 Å². The molecule has 1 unspecified atom stereocenters. The van der Waals surface area contributed by atoms with Gasteiger partial charge in [0, 0.05) is 23.3 Å². The molecule has 2 aromatic carbocycles. The van der Waals surface area contributed by atoms with Crippen molar-refractivity contribution in [2.45, 2.75) is 74.9 Å². The minimum absolute atomic E-state index is 0.128. The molecule has 0 spiro atoms. The van der Waals surface area contributed by atoms with Crippen molar-refractivity contribution in [2.75, 3.05) is 0 Å². The van der Waals surface area contributed by atoms with Crippen LogP contribution in [-0.4, -0.2) is 58.1 Å². The number of ketones is 1. The zero-order valence-electron chi connectivity index (χ0n) is 24.0. The molecule has 3 aliphatic heterocycles. The number of carbonyl (C=O) groups is 2. The Hall–Kier alpha value is -3.14. The molecule has 0 radical (unpaired) electrons. The van der Waals surface area contributed by atoms with Crippen LogP contribution in [0.2, 0.25) is 0 Å². The molecule has 1 N–H and O–H groups in total. The number of esters is 1. The van der Waals surface area contributed by atoms with Gasteiger partial charge in [-0.15, -0.1) is 0 Å². The van der Waals surface area contributed by atoms with E-state index in [9.17, 15) is 14.7 Å². The molecule has 8 nitrogen and oxygen atoms in total. The summed E-state index contributed by atoms with van der Waals surface area (Å²) < 4.78 is 33.9. The SMILES string of the molecule is C=C(C)[C@@]12OC3(c4ccccc4)O[C@@H]1[C@@H]1[C@@H]4O[C@]4(C)[C@@H](O)[C@@H]4C(=O)C(C)=C[C@@H]4[C@@]1(O3)[C@H](C)[C@@H]2OC(=O)c1ccccc1. The summed E-state index contributed by atoms with van der Waals surface area (Å²) in [5.74, 6) is -4.60. The summed E-state index contributed by atoms with van der Waals surface area (Å²) in [5, 5.41) is 11.7. The van der Waals surface area contributed by atoms with Gasteiger partial charge in [-0.05, 0) is 44.1 Å². The average molecular weight is 571 g/mol. The standard InChI is InChI=1S/C34H34O8/c1-17(2)32-27(38-30(37)20-12-8-6-9-13-20)19(4)33-22-16-18(3)25(35)23(22)26(36)31(5)28(39-31)24(33)29(32)40-34(41-32,42-33)21-14-10-7-11-15-21/h6-16,19,22-24,26-29,36H,1H2,2-5H3/t19-,22+,23+,24+,26+,27+,28+,29-,31-,32+,33+,34?/m1/s1. The summed E-state index contributed by atoms with van der Waals surface area (Å²) >= 11 is 0. The van der Waals surface area contributed by atoms with E-state index in [2.05, 4.69) is 6.58 Å². The minimum Gasteiger partial charge on any atom is -0.455 e. The lowest BCUT2D eigenvalue weighted by Crippen LogP contribution is -2.75. The van der Waals surface area contributed by atoms with Crippen LogP contribution < -0.4 is 0 Å². The Morgan fingerprint density at radius 3 is 2.33 bits per heavy atom. The summed E-state index contributed by atoms with van der Waals surface area (Å²) in [6.45, 7) is 11.8. The highest BCUT2D eigenvalue weighted by atomic mass is 16.9. The number of benzene rings is 2. The van der Waals surface area contributed by atoms with E-state index in [-0.39, 0.29) is 5.78 Å². The Morgan fingerprint density at radius 1 is 1.00 bits per heavy atom. The Balaban J connectivity index is 1.38. The molecular weight excluding hydrogens is 536 g/mol. The summed E-state index contributed by atoms with van der Waals surface area (Å²) in [4.78, 5) is 27.4. The number of fused-ring (bicyclic) bond motifs is 3. The fraction of sp³-hybridized carbons (Fsp3) is 0.471. The molecule has 8 heteroatoms. The number of hydrogen-bond acceptors (Lipinski definition) is 8. The Bertz CT molecular complexity index is 1550. The second kappa shape index (κ2) is 8.27. The van der Waals surface area contributed by atoms with E-state index in [1.54, 1.807) is 31.2 Å². The lowest BCUT2D eigenvalue weighted by molar-refractivity contribution is -0.437. The van der Waals surface area contributed by atoms with E-state index >= 15 is 0 Å². The van der Waals surface area contributed by atoms with Gasteiger partial charge in [0.05, 0.1) is 29.3 Å². The van der Waals surface area contributed by atoms with E-state index < -0.39 is 76.8 Å². The number of ether oxygens (including phenoxy) is 5. The molecule has 42 heavy (non-hydrogen) atoms. The Morgan fingerprint density at radius 2 is 1.67 bits per heavy atom. The summed E-state index contributed by atoms with van der Waals surface area (Å²) in [7, 11) is 0. The van der Waals surface area contributed by atoms with Crippen LogP contribution >= 0.6 is 0 Å². The van der Waals surface area contributed by atoms with Crippen molar-refractivity contribution in [1.82, 2.24) is 0 Å². The van der Waals surface area contributed by atoms with Gasteiger partial charge in [-0.2, -0.15) is 0 Å². The number of hydrogen-bond donors (Lipinski definition) is 1. The molecule has 3 saturated heterocycles. The normalized spacial score (nSPS) is 47.5. The van der Waals surface area contributed by atoms with E-state index in [1.807, 2.05) is 63.2 Å². The average Bonchev–Trinajstić information content (AvgIpc) is 3.50. The lowest BCUT2D eigenvalue weighted by atomic mass is 9.53. The molecular formula is C34H34O8. The summed E-state index contributed by atoms with van der Waals surface area (Å²) in [5.41, 5.74) is -1.19. The van der Waals surface area contributed by atoms with Crippen LogP contribution in [0.4, 0.5) is 0 Å². The van der Waals surface area contributed by atoms with E-state index in [0.717, 1.165) is 0 Å². The van der Waals surface area contributed by atoms with Crippen LogP contribution in [-0.2, 0) is 34.5 Å². The smallest absolute Gasteiger partial charge is 0.338 e. The molecule has 0 amide bonds. The van der Waals surface area contributed by atoms with E-state index in [4.69, 9.17) is 23.7 Å². The van der Waals surface area contributed by atoms with Crippen molar-refractivity contribution in [2.24, 2.45) is 23.7 Å². The summed E-state index contributed by atoms with van der Waals surface area (Å²) in [6, 6.07) is 18.2. The van der Waals surface area contributed by atoms with Crippen LogP contribution in [0.5, 0.6) is 0 Å². The van der Waals surface area contributed by atoms with Crippen LogP contribution in [0.1, 0.15) is 43.6 Å². The maximum Gasteiger partial charge on any atom is 0.338 e. The molecule has 218 valence electrons. The molecule has 5 fully saturated rings. The maximum atomic E-state index is 13.7. The van der Waals surface area contributed by atoms with Gasteiger partial charge >= 0.3 is 11.9 Å². The van der Waals surface area contributed by atoms with Gasteiger partial charge in [-0.25, -0.2) is 4.79 Å². The van der Waals surface area contributed by atoms with Crippen LogP contribution in [0.3, 0.4) is 0 Å². The summed E-state index contributed by atoms with van der Waals surface area (Å²) in [6.07, 6.45) is -1.20. The van der Waals surface area contributed by atoms with Gasteiger partial charge in [0.25, 0.3) is 0 Å². The van der Waals surface area contributed by atoms with Gasteiger partial charge in [-0.1, -0.05) is 68.1 Å². The predicted octanol–water partition coefficient (Wildman–Crippen LogP) is 4.08. The van der Waals surface area contributed by atoms with E-state index in [1.165, 1.54) is 0 Å². The van der Waals surface area contributed by atoms with Gasteiger partial charge < -0.3 is 28.8 Å². The van der Waals surface area contributed by atoms with Crippen LogP contribution in [0.15, 0.2) is 84.5 Å². The molecule has 3 bridgehead atoms. The van der Waals surface area contributed by atoms with Crippen LogP contribution in [0, 0.1) is 23.7 Å². The molecule has 2 saturated carbocycles. The van der Waals surface area contributed by atoms with Crippen molar-refractivity contribution >= 4 is 11.8 Å². The van der Waals surface area contributed by atoms with Crippen LogP contribution in [0.25, 0.3) is 0 Å². The first-order valence-corrected chi connectivity index (χ1v) is 14.7. The third-order valence-electron chi connectivity index (χ3n) is 11.0. The number of aliphatic hydroxyl groups is 1. The van der Waals surface area contributed by atoms with Gasteiger partial charge in [0.15, 0.2) is 11.4 Å². The number of Topliss-reactive ketones (excluding diaryl/α,β-unsaturated/α-hetero) is 1. The lowest BCUT2D eigenvalue weighted by Gasteiger charge is -2.60. The van der Waals surface area contributed by atoms with Gasteiger partial charge in [0.1, 0.15) is 17.8 Å². The zero-order valence-corrected chi connectivity index (χ0v) is 24.0. The molecule has 2 aromatic rings. The molecule has 12 atom stereocenters. The fourth-order valence-corrected chi connectivity index (χ4v) is 8.94. The quantitative estimate of drug-likeness (QED) is 0.333. The fourth-order valence-electron chi connectivity index (χ4n) is 8.94. The third kappa shape index (κ3) is 2.95. The Labute approximate surface area is 244 Å². The monoisotopic (exact) mass is 570 g/mol. The first kappa shape index (κ1) is 26.5. The highest BCUT2D eigenvalue weighted by molar-refractivity contribution is 6.00. The number of aliphatic hydroxyl groups excluding tert-OH is 1. The number of rotatable bonds is 4. The predicted molar refractivity (Wildman–Crippen MR) is 149 cm³/mol. The molecule has 3 aliphatic carbocycles. The number of carbonyl (C=O) groups excluding carboxylic acids is 2.